The van der Waals surface area contributed by atoms with Crippen LogP contribution in [0.1, 0.15) is 33.7 Å². The number of carbonyl (C=O) groups is 1. The van der Waals surface area contributed by atoms with E-state index >= 15 is 0 Å². The Bertz CT molecular complexity index is 307. The molecule has 3 nitrogen and oxygen atoms in total. The minimum Gasteiger partial charge on any atom is -0.351 e. The Hall–Kier alpha value is -0.900. The lowest BCUT2D eigenvalue weighted by molar-refractivity contribution is 0.0948. The van der Waals surface area contributed by atoms with Crippen LogP contribution in [-0.4, -0.2) is 17.4 Å². The van der Waals surface area contributed by atoms with Crippen molar-refractivity contribution in [2.45, 2.75) is 27.2 Å². The quantitative estimate of drug-likeness (QED) is 0.806. The van der Waals surface area contributed by atoms with Crippen LogP contribution in [0.5, 0.6) is 0 Å². The van der Waals surface area contributed by atoms with Gasteiger partial charge < -0.3 is 5.32 Å². The van der Waals surface area contributed by atoms with Gasteiger partial charge in [-0.1, -0.05) is 6.92 Å². The average molecular weight is 198 g/mol. The monoisotopic (exact) mass is 198 g/mol. The zero-order valence-electron chi connectivity index (χ0n) is 8.18. The molecule has 0 saturated heterocycles. The van der Waals surface area contributed by atoms with Crippen LogP contribution in [0.2, 0.25) is 0 Å². The van der Waals surface area contributed by atoms with Crippen molar-refractivity contribution >= 4 is 17.2 Å². The molecule has 0 aromatic carbocycles. The first-order chi connectivity index (χ1) is 6.15. The molecule has 72 valence electrons. The van der Waals surface area contributed by atoms with Crippen LogP contribution in [-0.2, 0) is 0 Å². The number of carbonyl (C=O) groups excluding carboxylic acids is 1. The molecule has 0 unspecified atom stereocenters. The summed E-state index contributed by atoms with van der Waals surface area (Å²) in [6.07, 6.45) is 0.952. The van der Waals surface area contributed by atoms with E-state index in [1.54, 1.807) is 11.3 Å². The van der Waals surface area contributed by atoms with Crippen LogP contribution in [0.15, 0.2) is 0 Å². The van der Waals surface area contributed by atoms with E-state index in [0.717, 1.165) is 22.9 Å². The van der Waals surface area contributed by atoms with E-state index in [0.29, 0.717) is 5.69 Å². The number of aryl methyl sites for hydroxylation is 2. The van der Waals surface area contributed by atoms with Gasteiger partial charge in [0.15, 0.2) is 0 Å². The Balaban J connectivity index is 2.70. The number of hydrogen-bond acceptors (Lipinski definition) is 3. The minimum absolute atomic E-state index is 0.0521. The Morgan fingerprint density at radius 1 is 1.54 bits per heavy atom. The van der Waals surface area contributed by atoms with Crippen LogP contribution < -0.4 is 5.32 Å². The van der Waals surface area contributed by atoms with Crippen molar-refractivity contribution in [2.24, 2.45) is 0 Å². The smallest absolute Gasteiger partial charge is 0.271 e. The van der Waals surface area contributed by atoms with E-state index in [4.69, 9.17) is 0 Å². The highest BCUT2D eigenvalue weighted by Gasteiger charge is 2.12. The molecule has 1 aromatic rings. The first kappa shape index (κ1) is 10.2. The highest BCUT2D eigenvalue weighted by molar-refractivity contribution is 7.11. The lowest BCUT2D eigenvalue weighted by Crippen LogP contribution is -2.24. The van der Waals surface area contributed by atoms with Crippen molar-refractivity contribution in [3.63, 3.8) is 0 Å². The second-order valence-electron chi connectivity index (χ2n) is 2.89. The largest absolute Gasteiger partial charge is 0.351 e. The zero-order chi connectivity index (χ0) is 9.84. The van der Waals surface area contributed by atoms with E-state index in [1.807, 2.05) is 20.8 Å². The summed E-state index contributed by atoms with van der Waals surface area (Å²) in [5.41, 5.74) is 0.580. The van der Waals surface area contributed by atoms with Crippen LogP contribution in [0.3, 0.4) is 0 Å². The van der Waals surface area contributed by atoms with Crippen molar-refractivity contribution < 1.29 is 4.79 Å². The van der Waals surface area contributed by atoms with Gasteiger partial charge in [0, 0.05) is 11.4 Å². The van der Waals surface area contributed by atoms with Crippen molar-refractivity contribution in [3.05, 3.63) is 15.6 Å². The molecule has 0 aliphatic carbocycles. The van der Waals surface area contributed by atoms with E-state index in [2.05, 4.69) is 10.3 Å². The molecule has 0 aliphatic heterocycles. The second kappa shape index (κ2) is 4.37. The first-order valence-electron chi connectivity index (χ1n) is 4.37. The van der Waals surface area contributed by atoms with Gasteiger partial charge in [-0.2, -0.15) is 0 Å². The van der Waals surface area contributed by atoms with Crippen molar-refractivity contribution in [1.29, 1.82) is 0 Å². The molecule has 1 heterocycles. The van der Waals surface area contributed by atoms with Gasteiger partial charge in [-0.25, -0.2) is 4.98 Å². The number of amides is 1. The summed E-state index contributed by atoms with van der Waals surface area (Å²) >= 11 is 1.56. The van der Waals surface area contributed by atoms with Gasteiger partial charge in [-0.3, -0.25) is 4.79 Å². The van der Waals surface area contributed by atoms with Gasteiger partial charge in [-0.15, -0.1) is 11.3 Å². The summed E-state index contributed by atoms with van der Waals surface area (Å²) in [6.45, 7) is 6.58. The fraction of sp³-hybridized carbons (Fsp3) is 0.556. The molecule has 0 saturated carbocycles. The molecule has 0 radical (unpaired) electrons. The number of nitrogens with zero attached hydrogens (tertiary/aromatic N) is 1. The highest BCUT2D eigenvalue weighted by Crippen LogP contribution is 2.15. The Morgan fingerprint density at radius 2 is 2.23 bits per heavy atom. The van der Waals surface area contributed by atoms with Gasteiger partial charge >= 0.3 is 0 Å². The maximum Gasteiger partial charge on any atom is 0.271 e. The predicted octanol–water partition coefficient (Wildman–Crippen LogP) is 1.90. The molecule has 0 fully saturated rings. The molecule has 1 N–H and O–H groups in total. The summed E-state index contributed by atoms with van der Waals surface area (Å²) < 4.78 is 0. The maximum atomic E-state index is 11.5. The molecule has 1 aromatic heterocycles. The molecule has 4 heteroatoms. The number of thiazole rings is 1. The number of nitrogens with one attached hydrogen (secondary N) is 1. The minimum atomic E-state index is -0.0521. The Morgan fingerprint density at radius 3 is 2.69 bits per heavy atom. The van der Waals surface area contributed by atoms with Crippen molar-refractivity contribution in [1.82, 2.24) is 10.3 Å². The van der Waals surface area contributed by atoms with Crippen molar-refractivity contribution in [3.8, 4) is 0 Å². The van der Waals surface area contributed by atoms with Crippen LogP contribution in [0.25, 0.3) is 0 Å². The van der Waals surface area contributed by atoms with E-state index in [1.165, 1.54) is 0 Å². The SMILES string of the molecule is CCCNC(=O)c1nc(C)sc1C. The maximum absolute atomic E-state index is 11.5. The molecular formula is C9H14N2OS. The summed E-state index contributed by atoms with van der Waals surface area (Å²) in [4.78, 5) is 16.6. The molecule has 1 amide bonds. The van der Waals surface area contributed by atoms with Crippen LogP contribution in [0, 0.1) is 13.8 Å². The van der Waals surface area contributed by atoms with E-state index in [9.17, 15) is 4.79 Å². The van der Waals surface area contributed by atoms with E-state index < -0.39 is 0 Å². The zero-order valence-corrected chi connectivity index (χ0v) is 8.99. The van der Waals surface area contributed by atoms with Gasteiger partial charge in [0.25, 0.3) is 5.91 Å². The molecular weight excluding hydrogens is 184 g/mol. The number of aromatic nitrogens is 1. The van der Waals surface area contributed by atoms with Gasteiger partial charge in [0.2, 0.25) is 0 Å². The Kier molecular flexibility index (Phi) is 3.42. The summed E-state index contributed by atoms with van der Waals surface area (Å²) in [5.74, 6) is -0.0521. The summed E-state index contributed by atoms with van der Waals surface area (Å²) in [6, 6.07) is 0. The molecule has 1 rings (SSSR count). The van der Waals surface area contributed by atoms with Gasteiger partial charge in [0.1, 0.15) is 5.69 Å². The first-order valence-corrected chi connectivity index (χ1v) is 5.19. The third kappa shape index (κ3) is 2.52. The third-order valence-electron chi connectivity index (χ3n) is 1.65. The van der Waals surface area contributed by atoms with Gasteiger partial charge in [0.05, 0.1) is 5.01 Å². The van der Waals surface area contributed by atoms with Gasteiger partial charge in [-0.05, 0) is 20.3 Å². The lowest BCUT2D eigenvalue weighted by Gasteiger charge is -2.00. The Labute approximate surface area is 82.2 Å². The molecule has 0 aliphatic rings. The van der Waals surface area contributed by atoms with Crippen LogP contribution in [0.4, 0.5) is 0 Å². The molecule has 0 atom stereocenters. The normalized spacial score (nSPS) is 10.1. The van der Waals surface area contributed by atoms with Crippen LogP contribution >= 0.6 is 11.3 Å². The fourth-order valence-corrected chi connectivity index (χ4v) is 1.88. The summed E-state index contributed by atoms with van der Waals surface area (Å²) in [7, 11) is 0. The third-order valence-corrected chi connectivity index (χ3v) is 2.54. The number of rotatable bonds is 3. The molecule has 0 bridgehead atoms. The topological polar surface area (TPSA) is 42.0 Å². The fourth-order valence-electron chi connectivity index (χ4n) is 1.06. The van der Waals surface area contributed by atoms with E-state index in [-0.39, 0.29) is 5.91 Å². The van der Waals surface area contributed by atoms with Crippen molar-refractivity contribution in [2.75, 3.05) is 6.54 Å². The number of hydrogen-bond donors (Lipinski definition) is 1. The lowest BCUT2D eigenvalue weighted by atomic mass is 10.3. The average Bonchev–Trinajstić information content (AvgIpc) is 2.41. The molecule has 13 heavy (non-hydrogen) atoms. The second-order valence-corrected chi connectivity index (χ2v) is 4.30. The molecule has 0 spiro atoms. The highest BCUT2D eigenvalue weighted by atomic mass is 32.1. The summed E-state index contributed by atoms with van der Waals surface area (Å²) in [5, 5.41) is 3.75. The predicted molar refractivity (Wildman–Crippen MR) is 54.2 cm³/mol. The standard InChI is InChI=1S/C9H14N2OS/c1-4-5-10-9(12)8-6(2)13-7(3)11-8/h4-5H2,1-3H3,(H,10,12).